The lowest BCUT2D eigenvalue weighted by Crippen LogP contribution is -2.35. The summed E-state index contributed by atoms with van der Waals surface area (Å²) in [5, 5.41) is 0. The highest BCUT2D eigenvalue weighted by atomic mass is 16.3. The molecule has 0 radical (unpaired) electrons. The van der Waals surface area contributed by atoms with Gasteiger partial charge in [-0.15, -0.1) is 0 Å². The molecule has 0 saturated heterocycles. The van der Waals surface area contributed by atoms with Crippen LogP contribution >= 0.6 is 0 Å². The Labute approximate surface area is 126 Å². The van der Waals surface area contributed by atoms with Crippen molar-refractivity contribution in [3.05, 3.63) is 59.5 Å². The fraction of sp³-hybridized carbons (Fsp3) is 0.353. The molecule has 1 heterocycles. The Bertz CT molecular complexity index is 561. The lowest BCUT2D eigenvalue weighted by Gasteiger charge is -2.21. The van der Waals surface area contributed by atoms with E-state index in [1.807, 2.05) is 24.1 Å². The average molecular weight is 286 g/mol. The summed E-state index contributed by atoms with van der Waals surface area (Å²) in [6.45, 7) is 3.73. The molecule has 0 aliphatic carbocycles. The van der Waals surface area contributed by atoms with Crippen LogP contribution in [0.2, 0.25) is 0 Å². The van der Waals surface area contributed by atoms with Crippen LogP contribution < -0.4 is 0 Å². The molecule has 0 aliphatic heterocycles. The third kappa shape index (κ3) is 4.76. The minimum atomic E-state index is 0.0843. The first-order valence-electron chi connectivity index (χ1n) is 7.05. The van der Waals surface area contributed by atoms with E-state index in [2.05, 4.69) is 31.2 Å². The van der Waals surface area contributed by atoms with Gasteiger partial charge in [-0.05, 0) is 31.7 Å². The molecule has 1 amide bonds. The van der Waals surface area contributed by atoms with Crippen molar-refractivity contribution in [2.75, 3.05) is 20.6 Å². The molecular formula is C17H22N2O2. The van der Waals surface area contributed by atoms with Crippen molar-refractivity contribution in [3.63, 3.8) is 0 Å². The van der Waals surface area contributed by atoms with E-state index in [4.69, 9.17) is 4.42 Å². The number of hydrogen-bond donors (Lipinski definition) is 0. The van der Waals surface area contributed by atoms with Gasteiger partial charge in [0.2, 0.25) is 5.91 Å². The molecule has 0 aliphatic rings. The highest BCUT2D eigenvalue weighted by Gasteiger charge is 2.13. The van der Waals surface area contributed by atoms with E-state index < -0.39 is 0 Å². The van der Waals surface area contributed by atoms with Crippen molar-refractivity contribution in [2.45, 2.75) is 20.0 Å². The lowest BCUT2D eigenvalue weighted by atomic mass is 10.1. The van der Waals surface area contributed by atoms with Gasteiger partial charge in [0.15, 0.2) is 0 Å². The number of amides is 1. The summed E-state index contributed by atoms with van der Waals surface area (Å²) in [6, 6.07) is 12.1. The summed E-state index contributed by atoms with van der Waals surface area (Å²) in [4.78, 5) is 15.9. The molecule has 0 atom stereocenters. The van der Waals surface area contributed by atoms with Crippen molar-refractivity contribution in [1.29, 1.82) is 0 Å². The van der Waals surface area contributed by atoms with Crippen molar-refractivity contribution in [2.24, 2.45) is 0 Å². The van der Waals surface area contributed by atoms with Gasteiger partial charge in [-0.3, -0.25) is 9.69 Å². The standard InChI is InChI=1S/C17H22N2O2/c1-14-6-8-15(9-7-14)11-18(2)13-17(20)19(3)12-16-5-4-10-21-16/h4-10H,11-13H2,1-3H3. The fourth-order valence-corrected chi connectivity index (χ4v) is 2.14. The first-order chi connectivity index (χ1) is 10.0. The minimum Gasteiger partial charge on any atom is -0.467 e. The maximum Gasteiger partial charge on any atom is 0.236 e. The van der Waals surface area contributed by atoms with E-state index in [1.165, 1.54) is 11.1 Å². The first-order valence-corrected chi connectivity index (χ1v) is 7.05. The number of aryl methyl sites for hydroxylation is 1. The van der Waals surface area contributed by atoms with Gasteiger partial charge in [0.05, 0.1) is 19.4 Å². The number of nitrogens with zero attached hydrogens (tertiary/aromatic N) is 2. The highest BCUT2D eigenvalue weighted by Crippen LogP contribution is 2.07. The van der Waals surface area contributed by atoms with E-state index in [9.17, 15) is 4.79 Å². The highest BCUT2D eigenvalue weighted by molar-refractivity contribution is 5.77. The van der Waals surface area contributed by atoms with Crippen LogP contribution in [0.5, 0.6) is 0 Å². The van der Waals surface area contributed by atoms with Gasteiger partial charge >= 0.3 is 0 Å². The Morgan fingerprint density at radius 2 is 1.81 bits per heavy atom. The largest absolute Gasteiger partial charge is 0.467 e. The molecule has 0 fully saturated rings. The first kappa shape index (κ1) is 15.3. The predicted octanol–water partition coefficient (Wildman–Crippen LogP) is 2.68. The molecular weight excluding hydrogens is 264 g/mol. The van der Waals surface area contributed by atoms with E-state index >= 15 is 0 Å². The SMILES string of the molecule is Cc1ccc(CN(C)CC(=O)N(C)Cc2ccco2)cc1. The molecule has 2 aromatic rings. The Hall–Kier alpha value is -2.07. The molecule has 0 unspecified atom stereocenters. The quantitative estimate of drug-likeness (QED) is 0.819. The second-order valence-electron chi connectivity index (χ2n) is 5.49. The third-order valence-corrected chi connectivity index (χ3v) is 3.38. The Balaban J connectivity index is 1.82. The fourth-order valence-electron chi connectivity index (χ4n) is 2.14. The number of carbonyl (C=O) groups excluding carboxylic acids is 1. The van der Waals surface area contributed by atoms with Crippen molar-refractivity contribution in [3.8, 4) is 0 Å². The van der Waals surface area contributed by atoms with Gasteiger partial charge in [0, 0.05) is 13.6 Å². The van der Waals surface area contributed by atoms with Crippen LogP contribution in [-0.2, 0) is 17.9 Å². The monoisotopic (exact) mass is 286 g/mol. The number of rotatable bonds is 6. The molecule has 4 nitrogen and oxygen atoms in total. The summed E-state index contributed by atoms with van der Waals surface area (Å²) in [7, 11) is 3.75. The summed E-state index contributed by atoms with van der Waals surface area (Å²) < 4.78 is 5.26. The molecule has 0 bridgehead atoms. The van der Waals surface area contributed by atoms with Crippen LogP contribution in [0.15, 0.2) is 47.1 Å². The molecule has 0 N–H and O–H groups in total. The van der Waals surface area contributed by atoms with Crippen molar-refractivity contribution >= 4 is 5.91 Å². The topological polar surface area (TPSA) is 36.7 Å². The second-order valence-corrected chi connectivity index (χ2v) is 5.49. The average Bonchev–Trinajstić information content (AvgIpc) is 2.94. The molecule has 2 rings (SSSR count). The number of likely N-dealkylation sites (N-methyl/N-ethyl adjacent to an activating group) is 2. The van der Waals surface area contributed by atoms with Gasteiger partial charge in [-0.25, -0.2) is 0 Å². The molecule has 1 aromatic carbocycles. The molecule has 0 spiro atoms. The Kier molecular flexibility index (Phi) is 5.17. The van der Waals surface area contributed by atoms with E-state index in [-0.39, 0.29) is 5.91 Å². The summed E-state index contributed by atoms with van der Waals surface area (Å²) >= 11 is 0. The minimum absolute atomic E-state index is 0.0843. The molecule has 0 saturated carbocycles. The lowest BCUT2D eigenvalue weighted by molar-refractivity contribution is -0.131. The zero-order valence-corrected chi connectivity index (χ0v) is 12.9. The van der Waals surface area contributed by atoms with Crippen molar-refractivity contribution < 1.29 is 9.21 Å². The molecule has 112 valence electrons. The van der Waals surface area contributed by atoms with Crippen LogP contribution in [0.1, 0.15) is 16.9 Å². The van der Waals surface area contributed by atoms with Gasteiger partial charge < -0.3 is 9.32 Å². The second kappa shape index (κ2) is 7.09. The summed E-state index contributed by atoms with van der Waals surface area (Å²) in [5.41, 5.74) is 2.46. The van der Waals surface area contributed by atoms with Crippen molar-refractivity contribution in [1.82, 2.24) is 9.80 Å². The Morgan fingerprint density at radius 3 is 2.43 bits per heavy atom. The predicted molar refractivity (Wildman–Crippen MR) is 82.7 cm³/mol. The van der Waals surface area contributed by atoms with Crippen LogP contribution in [0.4, 0.5) is 0 Å². The number of furan rings is 1. The normalized spacial score (nSPS) is 10.9. The van der Waals surface area contributed by atoms with Crippen LogP contribution in [0.25, 0.3) is 0 Å². The van der Waals surface area contributed by atoms with E-state index in [1.54, 1.807) is 18.2 Å². The maximum absolute atomic E-state index is 12.2. The third-order valence-electron chi connectivity index (χ3n) is 3.38. The van der Waals surface area contributed by atoms with Crippen LogP contribution in [0.3, 0.4) is 0 Å². The smallest absolute Gasteiger partial charge is 0.236 e. The van der Waals surface area contributed by atoms with Crippen LogP contribution in [-0.4, -0.2) is 36.3 Å². The zero-order valence-electron chi connectivity index (χ0n) is 12.9. The Morgan fingerprint density at radius 1 is 1.10 bits per heavy atom. The van der Waals surface area contributed by atoms with Gasteiger partial charge in [0.1, 0.15) is 5.76 Å². The number of hydrogen-bond acceptors (Lipinski definition) is 3. The van der Waals surface area contributed by atoms with Gasteiger partial charge in [-0.2, -0.15) is 0 Å². The summed E-state index contributed by atoms with van der Waals surface area (Å²) in [5.74, 6) is 0.882. The van der Waals surface area contributed by atoms with E-state index in [0.29, 0.717) is 13.1 Å². The van der Waals surface area contributed by atoms with Crippen LogP contribution in [0, 0.1) is 6.92 Å². The van der Waals surface area contributed by atoms with E-state index in [0.717, 1.165) is 12.3 Å². The zero-order chi connectivity index (χ0) is 15.2. The molecule has 4 heteroatoms. The number of benzene rings is 1. The number of carbonyl (C=O) groups is 1. The maximum atomic E-state index is 12.2. The van der Waals surface area contributed by atoms with Gasteiger partial charge in [-0.1, -0.05) is 29.8 Å². The van der Waals surface area contributed by atoms with Gasteiger partial charge in [0.25, 0.3) is 0 Å². The summed E-state index contributed by atoms with van der Waals surface area (Å²) in [6.07, 6.45) is 1.62. The molecule has 21 heavy (non-hydrogen) atoms. The molecule has 1 aromatic heterocycles.